The Kier molecular flexibility index (Phi) is 3.65. The molecule has 3 aliphatic carbocycles. The maximum absolute atomic E-state index is 12.7. The molecule has 8 heteroatoms. The van der Waals surface area contributed by atoms with Gasteiger partial charge in [-0.1, -0.05) is 12.2 Å². The number of fused-ring (bicyclic) bond motifs is 1. The first kappa shape index (κ1) is 16.1. The molecule has 1 aliphatic heterocycles. The van der Waals surface area contributed by atoms with Crippen molar-refractivity contribution in [3.05, 3.63) is 51.6 Å². The van der Waals surface area contributed by atoms with Gasteiger partial charge in [-0.15, -0.1) is 0 Å². The van der Waals surface area contributed by atoms with Gasteiger partial charge in [0, 0.05) is 6.07 Å². The Morgan fingerprint density at radius 2 is 1.81 bits per heavy atom. The van der Waals surface area contributed by atoms with E-state index in [0.29, 0.717) is 0 Å². The minimum absolute atomic E-state index is 0.0610. The van der Waals surface area contributed by atoms with Gasteiger partial charge >= 0.3 is 0 Å². The second kappa shape index (κ2) is 5.88. The molecule has 0 aromatic heterocycles. The molecule has 8 nitrogen and oxygen atoms in total. The second-order valence-electron chi connectivity index (χ2n) is 6.72. The molecule has 26 heavy (non-hydrogen) atoms. The number of carbonyl (C=O) groups excluding carboxylic acids is 2. The van der Waals surface area contributed by atoms with E-state index < -0.39 is 4.92 Å². The summed E-state index contributed by atoms with van der Waals surface area (Å²) >= 11 is 0. The Morgan fingerprint density at radius 3 is 2.31 bits per heavy atom. The van der Waals surface area contributed by atoms with E-state index in [1.54, 1.807) is 0 Å². The third-order valence-electron chi connectivity index (χ3n) is 5.40. The Bertz CT molecular complexity index is 898. The lowest BCUT2D eigenvalue weighted by Gasteiger charge is -2.37. The number of allylic oxidation sites excluding steroid dienone is 2. The molecule has 1 heterocycles. The fourth-order valence-corrected chi connectivity index (χ4v) is 4.17. The summed E-state index contributed by atoms with van der Waals surface area (Å²) in [4.78, 5) is 35.9. The van der Waals surface area contributed by atoms with Crippen LogP contribution < -0.4 is 0 Å². The first-order chi connectivity index (χ1) is 12.5. The number of nitro groups is 1. The normalized spacial score (nSPS) is 29.3. The molecule has 0 radical (unpaired) electrons. The van der Waals surface area contributed by atoms with Crippen LogP contribution in [0.1, 0.15) is 24.0 Å². The van der Waals surface area contributed by atoms with E-state index in [4.69, 9.17) is 5.26 Å². The number of imide groups is 1. The zero-order chi connectivity index (χ0) is 18.4. The molecule has 0 unspecified atom stereocenters. The fraction of sp³-hybridized carbons (Fsp3) is 0.333. The van der Waals surface area contributed by atoms with Crippen LogP contribution >= 0.6 is 0 Å². The van der Waals surface area contributed by atoms with Crippen LogP contribution in [0.15, 0.2) is 35.5 Å². The molecule has 4 atom stereocenters. The Labute approximate surface area is 148 Å². The molecule has 0 N–H and O–H groups in total. The summed E-state index contributed by atoms with van der Waals surface area (Å²) in [7, 11) is 0. The fourth-order valence-electron chi connectivity index (χ4n) is 4.17. The van der Waals surface area contributed by atoms with Gasteiger partial charge in [-0.3, -0.25) is 19.7 Å². The van der Waals surface area contributed by atoms with Crippen molar-refractivity contribution < 1.29 is 14.5 Å². The summed E-state index contributed by atoms with van der Waals surface area (Å²) in [5.41, 5.74) is -0.0209. The van der Waals surface area contributed by atoms with Crippen LogP contribution in [0.5, 0.6) is 0 Å². The van der Waals surface area contributed by atoms with E-state index in [9.17, 15) is 19.7 Å². The number of carbonyl (C=O) groups is 2. The quantitative estimate of drug-likeness (QED) is 0.272. The lowest BCUT2D eigenvalue weighted by Crippen LogP contribution is -2.38. The zero-order valence-electron chi connectivity index (χ0n) is 13.6. The molecule has 1 saturated heterocycles. The number of benzene rings is 1. The molecular weight excluding hydrogens is 336 g/mol. The van der Waals surface area contributed by atoms with Gasteiger partial charge in [0.15, 0.2) is 0 Å². The third kappa shape index (κ3) is 2.32. The van der Waals surface area contributed by atoms with Gasteiger partial charge in [0.25, 0.3) is 17.5 Å². The molecule has 5 rings (SSSR count). The molecule has 4 aliphatic rings. The van der Waals surface area contributed by atoms with Gasteiger partial charge in [0.1, 0.15) is 0 Å². The van der Waals surface area contributed by atoms with E-state index in [-0.39, 0.29) is 52.3 Å². The van der Waals surface area contributed by atoms with Crippen LogP contribution in [0.3, 0.4) is 0 Å². The average molecular weight is 350 g/mol. The molecule has 1 aromatic carbocycles. The lowest BCUT2D eigenvalue weighted by atomic mass is 9.63. The maximum Gasteiger partial charge on any atom is 0.279 e. The number of rotatable bonds is 3. The predicted molar refractivity (Wildman–Crippen MR) is 89.6 cm³/mol. The van der Waals surface area contributed by atoms with Crippen molar-refractivity contribution in [2.45, 2.75) is 12.8 Å². The third-order valence-corrected chi connectivity index (χ3v) is 5.40. The minimum Gasteiger partial charge on any atom is -0.272 e. The molecule has 1 aromatic rings. The summed E-state index contributed by atoms with van der Waals surface area (Å²) in [6.07, 6.45) is 6.94. The summed E-state index contributed by atoms with van der Waals surface area (Å²) in [6.45, 7) is 0. The molecule has 2 bridgehead atoms. The minimum atomic E-state index is -0.625. The highest BCUT2D eigenvalue weighted by Crippen LogP contribution is 2.49. The number of hydrazone groups is 1. The highest BCUT2D eigenvalue weighted by Gasteiger charge is 2.56. The standard InChI is InChI=1S/C18H14N4O4/c19-8-10-1-2-13(14(7-10)22(25)26)9-20-21-17(23)15-11-3-4-12(6-5-11)16(15)18(21)24/h1-4,7,9,11-12,15-16H,5-6H2/b20-9-/t11-,12+,15-,16+. The van der Waals surface area contributed by atoms with Crippen LogP contribution in [-0.4, -0.2) is 28.0 Å². The van der Waals surface area contributed by atoms with Gasteiger partial charge in [0.05, 0.1) is 40.2 Å². The van der Waals surface area contributed by atoms with Crippen molar-refractivity contribution >= 4 is 23.7 Å². The first-order valence-corrected chi connectivity index (χ1v) is 8.30. The Hall–Kier alpha value is -3.34. The number of amides is 2. The topological polar surface area (TPSA) is 117 Å². The van der Waals surface area contributed by atoms with Crippen LogP contribution in [0, 0.1) is 45.1 Å². The monoisotopic (exact) mass is 350 g/mol. The predicted octanol–water partition coefficient (Wildman–Crippen LogP) is 2.00. The van der Waals surface area contributed by atoms with E-state index in [0.717, 1.165) is 30.1 Å². The summed E-state index contributed by atoms with van der Waals surface area (Å²) < 4.78 is 0. The highest BCUT2D eigenvalue weighted by molar-refractivity contribution is 6.06. The maximum atomic E-state index is 12.7. The smallest absolute Gasteiger partial charge is 0.272 e. The van der Waals surface area contributed by atoms with Crippen LogP contribution in [0.4, 0.5) is 5.69 Å². The molecule has 0 spiro atoms. The van der Waals surface area contributed by atoms with Crippen LogP contribution in [-0.2, 0) is 9.59 Å². The van der Waals surface area contributed by atoms with Crippen molar-refractivity contribution in [1.82, 2.24) is 5.01 Å². The highest BCUT2D eigenvalue weighted by atomic mass is 16.6. The average Bonchev–Trinajstić information content (AvgIpc) is 2.93. The van der Waals surface area contributed by atoms with Crippen LogP contribution in [0.25, 0.3) is 0 Å². The SMILES string of the molecule is N#Cc1ccc(/C=N\N2C(=O)[C@@H]3[C@H](C2=O)[C@@H]2C=C[C@H]3CC2)c([N+](=O)[O-])c1. The van der Waals surface area contributed by atoms with Gasteiger partial charge in [-0.05, 0) is 36.8 Å². The summed E-state index contributed by atoms with van der Waals surface area (Å²) in [5.74, 6) is -1.31. The molecule has 1 saturated carbocycles. The number of hydrogen-bond donors (Lipinski definition) is 0. The largest absolute Gasteiger partial charge is 0.279 e. The van der Waals surface area contributed by atoms with Crippen molar-refractivity contribution in [3.63, 3.8) is 0 Å². The van der Waals surface area contributed by atoms with Crippen molar-refractivity contribution in [2.75, 3.05) is 0 Å². The number of hydrogen-bond acceptors (Lipinski definition) is 6. The first-order valence-electron chi connectivity index (χ1n) is 8.30. The van der Waals surface area contributed by atoms with Crippen molar-refractivity contribution in [2.24, 2.45) is 28.8 Å². The molecular formula is C18H14N4O4. The van der Waals surface area contributed by atoms with Gasteiger partial charge in [-0.2, -0.15) is 15.4 Å². The number of nitro benzene ring substituents is 1. The van der Waals surface area contributed by atoms with Crippen LogP contribution in [0.2, 0.25) is 0 Å². The second-order valence-corrected chi connectivity index (χ2v) is 6.72. The summed E-state index contributed by atoms with van der Waals surface area (Å²) in [5, 5.41) is 24.9. The Balaban J connectivity index is 1.64. The van der Waals surface area contributed by atoms with E-state index in [1.165, 1.54) is 12.1 Å². The van der Waals surface area contributed by atoms with Crippen molar-refractivity contribution in [1.29, 1.82) is 5.26 Å². The van der Waals surface area contributed by atoms with E-state index in [2.05, 4.69) is 5.10 Å². The lowest BCUT2D eigenvalue weighted by molar-refractivity contribution is -0.385. The van der Waals surface area contributed by atoms with E-state index >= 15 is 0 Å². The summed E-state index contributed by atoms with van der Waals surface area (Å²) in [6, 6.07) is 5.78. The molecule has 130 valence electrons. The van der Waals surface area contributed by atoms with E-state index in [1.807, 2.05) is 18.2 Å². The Morgan fingerprint density at radius 1 is 1.19 bits per heavy atom. The zero-order valence-corrected chi connectivity index (χ0v) is 13.6. The van der Waals surface area contributed by atoms with Crippen molar-refractivity contribution in [3.8, 4) is 6.07 Å². The molecule has 2 fully saturated rings. The molecule has 2 amide bonds. The van der Waals surface area contributed by atoms with Gasteiger partial charge in [0.2, 0.25) is 0 Å². The van der Waals surface area contributed by atoms with Gasteiger partial charge < -0.3 is 0 Å². The number of nitriles is 1. The van der Waals surface area contributed by atoms with Gasteiger partial charge in [-0.25, -0.2) is 0 Å². The number of nitrogens with zero attached hydrogens (tertiary/aromatic N) is 4.